The van der Waals surface area contributed by atoms with Crippen LogP contribution < -0.4 is 11.4 Å². The van der Waals surface area contributed by atoms with Crippen LogP contribution in [0.1, 0.15) is 18.5 Å². The van der Waals surface area contributed by atoms with Crippen LogP contribution in [-0.4, -0.2) is 14.8 Å². The van der Waals surface area contributed by atoms with Crippen LogP contribution in [0.2, 0.25) is 0 Å². The molecule has 2 rings (SSSR count). The molecule has 1 atom stereocenters. The fraction of sp³-hybridized carbons (Fsp3) is 0.200. The quantitative estimate of drug-likeness (QED) is 0.871. The second-order valence-electron chi connectivity index (χ2n) is 3.46. The molecular formula is C10H10BrN3O2. The van der Waals surface area contributed by atoms with E-state index in [2.05, 4.69) is 26.1 Å². The maximum atomic E-state index is 11.4. The van der Waals surface area contributed by atoms with Crippen molar-refractivity contribution in [3.8, 4) is 0 Å². The normalized spacial score (nSPS) is 12.6. The van der Waals surface area contributed by atoms with Crippen LogP contribution in [0.25, 0.3) is 0 Å². The molecule has 0 fully saturated rings. The van der Waals surface area contributed by atoms with E-state index in [0.717, 1.165) is 14.6 Å². The number of hydrogen-bond acceptors (Lipinski definition) is 2. The molecule has 0 amide bonds. The monoisotopic (exact) mass is 283 g/mol. The topological polar surface area (TPSA) is 70.7 Å². The molecule has 0 saturated carbocycles. The molecule has 0 aliphatic heterocycles. The lowest BCUT2D eigenvalue weighted by atomic mass is 10.1. The van der Waals surface area contributed by atoms with Crippen molar-refractivity contribution >= 4 is 15.9 Å². The summed E-state index contributed by atoms with van der Waals surface area (Å²) in [4.78, 5) is 22.8. The van der Waals surface area contributed by atoms with Crippen molar-refractivity contribution in [2.45, 2.75) is 13.0 Å². The van der Waals surface area contributed by atoms with E-state index < -0.39 is 11.4 Å². The van der Waals surface area contributed by atoms with E-state index in [4.69, 9.17) is 0 Å². The van der Waals surface area contributed by atoms with Gasteiger partial charge in [0, 0.05) is 4.47 Å². The molecule has 0 aliphatic carbocycles. The molecule has 84 valence electrons. The number of benzene rings is 1. The minimum atomic E-state index is -0.433. The van der Waals surface area contributed by atoms with Crippen molar-refractivity contribution in [1.82, 2.24) is 14.8 Å². The highest BCUT2D eigenvalue weighted by Crippen LogP contribution is 2.18. The van der Waals surface area contributed by atoms with Gasteiger partial charge < -0.3 is 0 Å². The highest BCUT2D eigenvalue weighted by Gasteiger charge is 2.13. The largest absolute Gasteiger partial charge is 0.344 e. The Morgan fingerprint density at radius 1 is 1.25 bits per heavy atom. The summed E-state index contributed by atoms with van der Waals surface area (Å²) in [7, 11) is 0. The summed E-state index contributed by atoms with van der Waals surface area (Å²) >= 11 is 3.35. The maximum absolute atomic E-state index is 11.4. The van der Waals surface area contributed by atoms with Crippen molar-refractivity contribution < 1.29 is 0 Å². The molecule has 16 heavy (non-hydrogen) atoms. The Kier molecular flexibility index (Phi) is 2.82. The van der Waals surface area contributed by atoms with Gasteiger partial charge in [0.05, 0.1) is 6.04 Å². The molecule has 1 heterocycles. The van der Waals surface area contributed by atoms with Gasteiger partial charge in [-0.15, -0.1) is 0 Å². The smallest absolute Gasteiger partial charge is 0.247 e. The number of hydrogen-bond donors (Lipinski definition) is 2. The Morgan fingerprint density at radius 2 is 1.88 bits per heavy atom. The summed E-state index contributed by atoms with van der Waals surface area (Å²) in [5, 5.41) is 4.52. The lowest BCUT2D eigenvalue weighted by molar-refractivity contribution is 0.597. The molecule has 6 heteroatoms. The number of aromatic nitrogens is 3. The Morgan fingerprint density at radius 3 is 2.44 bits per heavy atom. The van der Waals surface area contributed by atoms with Crippen LogP contribution in [0.5, 0.6) is 0 Å². The van der Waals surface area contributed by atoms with Gasteiger partial charge in [-0.2, -0.15) is 0 Å². The van der Waals surface area contributed by atoms with Gasteiger partial charge in [-0.3, -0.25) is 0 Å². The van der Waals surface area contributed by atoms with Crippen LogP contribution in [0.15, 0.2) is 38.3 Å². The summed E-state index contributed by atoms with van der Waals surface area (Å²) in [6, 6.07) is 7.19. The Hall–Kier alpha value is -1.56. The second-order valence-corrected chi connectivity index (χ2v) is 4.38. The Bertz CT molecular complexity index is 583. The summed E-state index contributed by atoms with van der Waals surface area (Å²) in [6.45, 7) is 1.80. The highest BCUT2D eigenvalue weighted by atomic mass is 79.9. The van der Waals surface area contributed by atoms with E-state index in [-0.39, 0.29) is 6.04 Å². The van der Waals surface area contributed by atoms with Crippen molar-refractivity contribution in [1.29, 1.82) is 0 Å². The van der Waals surface area contributed by atoms with Crippen LogP contribution in [0.4, 0.5) is 0 Å². The van der Waals surface area contributed by atoms with Crippen molar-refractivity contribution in [3.05, 3.63) is 55.3 Å². The third kappa shape index (κ3) is 1.88. The third-order valence-electron chi connectivity index (χ3n) is 2.43. The number of H-pyrrole nitrogens is 2. The number of aromatic amines is 2. The first kappa shape index (κ1) is 10.9. The fourth-order valence-electron chi connectivity index (χ4n) is 1.59. The predicted molar refractivity (Wildman–Crippen MR) is 63.6 cm³/mol. The van der Waals surface area contributed by atoms with E-state index >= 15 is 0 Å². The van der Waals surface area contributed by atoms with E-state index in [1.165, 1.54) is 0 Å². The Balaban J connectivity index is 2.51. The lowest BCUT2D eigenvalue weighted by Gasteiger charge is -2.11. The first-order valence-electron chi connectivity index (χ1n) is 4.74. The summed E-state index contributed by atoms with van der Waals surface area (Å²) < 4.78 is 2.05. The van der Waals surface area contributed by atoms with E-state index in [0.29, 0.717) is 0 Å². The zero-order valence-electron chi connectivity index (χ0n) is 8.53. The van der Waals surface area contributed by atoms with Gasteiger partial charge >= 0.3 is 11.4 Å². The first-order chi connectivity index (χ1) is 7.59. The van der Waals surface area contributed by atoms with Gasteiger partial charge in [-0.1, -0.05) is 28.1 Å². The molecule has 0 bridgehead atoms. The van der Waals surface area contributed by atoms with Crippen LogP contribution in [0, 0.1) is 0 Å². The van der Waals surface area contributed by atoms with Crippen LogP contribution in [-0.2, 0) is 0 Å². The van der Waals surface area contributed by atoms with Crippen molar-refractivity contribution in [2.24, 2.45) is 0 Å². The molecule has 0 spiro atoms. The molecular weight excluding hydrogens is 274 g/mol. The third-order valence-corrected chi connectivity index (χ3v) is 2.93. The summed E-state index contributed by atoms with van der Waals surface area (Å²) in [5.74, 6) is 0. The predicted octanol–water partition coefficient (Wildman–Crippen LogP) is 1.24. The number of nitrogens with one attached hydrogen (secondary N) is 2. The zero-order valence-corrected chi connectivity index (χ0v) is 10.1. The van der Waals surface area contributed by atoms with Gasteiger partial charge in [-0.05, 0) is 24.6 Å². The van der Waals surface area contributed by atoms with Crippen molar-refractivity contribution in [2.75, 3.05) is 0 Å². The molecule has 0 saturated heterocycles. The average molecular weight is 284 g/mol. The molecule has 5 nitrogen and oxygen atoms in total. The van der Waals surface area contributed by atoms with Gasteiger partial charge in [0.2, 0.25) is 0 Å². The van der Waals surface area contributed by atoms with E-state index in [1.807, 2.05) is 24.3 Å². The highest BCUT2D eigenvalue weighted by molar-refractivity contribution is 9.10. The molecule has 2 aromatic rings. The standard InChI is InChI=1S/C10H10BrN3O2/c1-6(7-3-2-4-8(11)5-7)14-9(15)12-13-10(14)16/h2-6H,1H3,(H,12,15)(H,13,16). The van der Waals surface area contributed by atoms with Gasteiger partial charge in [0.15, 0.2) is 0 Å². The van der Waals surface area contributed by atoms with Crippen LogP contribution in [0.3, 0.4) is 0 Å². The molecule has 2 N–H and O–H groups in total. The molecule has 0 radical (unpaired) electrons. The number of rotatable bonds is 2. The molecule has 1 aromatic carbocycles. The molecule has 1 aromatic heterocycles. The summed E-state index contributed by atoms with van der Waals surface area (Å²) in [5.41, 5.74) is 0.0246. The van der Waals surface area contributed by atoms with Crippen LogP contribution >= 0.6 is 15.9 Å². The number of halogens is 1. The minimum Gasteiger partial charge on any atom is -0.247 e. The first-order valence-corrected chi connectivity index (χ1v) is 5.53. The lowest BCUT2D eigenvalue weighted by Crippen LogP contribution is -2.30. The van der Waals surface area contributed by atoms with E-state index in [1.54, 1.807) is 6.92 Å². The SMILES string of the molecule is CC(c1cccc(Br)c1)n1c(=O)[nH][nH]c1=O. The molecule has 1 unspecified atom stereocenters. The second kappa shape index (κ2) is 4.13. The fourth-order valence-corrected chi connectivity index (χ4v) is 2.00. The summed E-state index contributed by atoms with van der Waals surface area (Å²) in [6.07, 6.45) is 0. The maximum Gasteiger partial charge on any atom is 0.344 e. The van der Waals surface area contributed by atoms with Gasteiger partial charge in [0.25, 0.3) is 0 Å². The average Bonchev–Trinajstić information content (AvgIpc) is 2.58. The Labute approximate surface area is 99.2 Å². The number of nitrogens with zero attached hydrogens (tertiary/aromatic N) is 1. The van der Waals surface area contributed by atoms with Gasteiger partial charge in [-0.25, -0.2) is 24.4 Å². The molecule has 0 aliphatic rings. The zero-order chi connectivity index (χ0) is 11.7. The van der Waals surface area contributed by atoms with Gasteiger partial charge in [0.1, 0.15) is 0 Å². The van der Waals surface area contributed by atoms with Crippen molar-refractivity contribution in [3.63, 3.8) is 0 Å². The van der Waals surface area contributed by atoms with E-state index in [9.17, 15) is 9.59 Å². The minimum absolute atomic E-state index is 0.306.